The summed E-state index contributed by atoms with van der Waals surface area (Å²) in [6, 6.07) is 3.76. The molecule has 2 N–H and O–H groups in total. The molecule has 1 atom stereocenters. The van der Waals surface area contributed by atoms with Crippen molar-refractivity contribution < 1.29 is 31.9 Å². The standard InChI is InChI=1S/C15H16F4N2O3/c16-9-2-3-10-11(7-13(22)21-12(10)6-9)14(23)20-4-1-5-24-8-15(17,18)19/h2-3,6,11H,1,4-5,7-8H2,(H,20,23)(H,21,22). The molecule has 0 saturated carbocycles. The summed E-state index contributed by atoms with van der Waals surface area (Å²) in [6.45, 7) is -1.36. The third-order valence-corrected chi connectivity index (χ3v) is 3.40. The molecule has 0 saturated heterocycles. The zero-order valence-corrected chi connectivity index (χ0v) is 12.6. The highest BCUT2D eigenvalue weighted by molar-refractivity contribution is 6.01. The van der Waals surface area contributed by atoms with Crippen LogP contribution in [0.4, 0.5) is 23.2 Å². The van der Waals surface area contributed by atoms with E-state index < -0.39 is 36.3 Å². The van der Waals surface area contributed by atoms with Crippen molar-refractivity contribution in [2.45, 2.75) is 24.9 Å². The molecule has 1 aromatic rings. The Morgan fingerprint density at radius 1 is 1.38 bits per heavy atom. The van der Waals surface area contributed by atoms with Crippen LogP contribution in [0.2, 0.25) is 0 Å². The van der Waals surface area contributed by atoms with E-state index in [9.17, 15) is 27.2 Å². The highest BCUT2D eigenvalue weighted by atomic mass is 19.4. The van der Waals surface area contributed by atoms with Crippen LogP contribution in [-0.4, -0.2) is 37.7 Å². The number of carbonyl (C=O) groups is 2. The van der Waals surface area contributed by atoms with Crippen molar-refractivity contribution in [3.63, 3.8) is 0 Å². The summed E-state index contributed by atoms with van der Waals surface area (Å²) in [7, 11) is 0. The van der Waals surface area contributed by atoms with E-state index >= 15 is 0 Å². The molecular weight excluding hydrogens is 332 g/mol. The molecule has 1 heterocycles. The lowest BCUT2D eigenvalue weighted by Crippen LogP contribution is -2.35. The predicted molar refractivity (Wildman–Crippen MR) is 76.9 cm³/mol. The van der Waals surface area contributed by atoms with Crippen LogP contribution in [0.25, 0.3) is 0 Å². The van der Waals surface area contributed by atoms with Crippen molar-refractivity contribution in [3.05, 3.63) is 29.6 Å². The number of ether oxygens (including phenoxy) is 1. The van der Waals surface area contributed by atoms with Crippen LogP contribution < -0.4 is 10.6 Å². The molecule has 9 heteroatoms. The van der Waals surface area contributed by atoms with Crippen molar-refractivity contribution in [2.24, 2.45) is 0 Å². The number of carbonyl (C=O) groups excluding carboxylic acids is 2. The number of anilines is 1. The maximum Gasteiger partial charge on any atom is 0.411 e. The Balaban J connectivity index is 1.84. The van der Waals surface area contributed by atoms with Gasteiger partial charge < -0.3 is 15.4 Å². The van der Waals surface area contributed by atoms with Gasteiger partial charge in [-0.15, -0.1) is 0 Å². The summed E-state index contributed by atoms with van der Waals surface area (Å²) < 4.78 is 53.3. The van der Waals surface area contributed by atoms with Crippen LogP contribution >= 0.6 is 0 Å². The molecule has 1 unspecified atom stereocenters. The molecule has 0 spiro atoms. The number of hydrogen-bond donors (Lipinski definition) is 2. The van der Waals surface area contributed by atoms with Gasteiger partial charge in [0.05, 0.1) is 5.92 Å². The maximum absolute atomic E-state index is 13.2. The van der Waals surface area contributed by atoms with E-state index in [2.05, 4.69) is 15.4 Å². The van der Waals surface area contributed by atoms with Gasteiger partial charge in [-0.05, 0) is 24.1 Å². The Bertz CT molecular complexity index is 619. The zero-order chi connectivity index (χ0) is 17.7. The SMILES string of the molecule is O=C1CC(C(=O)NCCCOCC(F)(F)F)c2ccc(F)cc2N1. The topological polar surface area (TPSA) is 67.4 Å². The molecule has 1 aromatic carbocycles. The highest BCUT2D eigenvalue weighted by Gasteiger charge is 2.31. The smallest absolute Gasteiger partial charge is 0.372 e. The number of amides is 2. The molecule has 2 amide bonds. The van der Waals surface area contributed by atoms with Crippen molar-refractivity contribution in [1.82, 2.24) is 5.32 Å². The lowest BCUT2D eigenvalue weighted by atomic mass is 9.89. The van der Waals surface area contributed by atoms with Gasteiger partial charge in [0.1, 0.15) is 12.4 Å². The first-order valence-electron chi connectivity index (χ1n) is 7.28. The first-order valence-corrected chi connectivity index (χ1v) is 7.28. The average molecular weight is 348 g/mol. The minimum atomic E-state index is -4.38. The summed E-state index contributed by atoms with van der Waals surface area (Å²) >= 11 is 0. The minimum absolute atomic E-state index is 0.0744. The lowest BCUT2D eigenvalue weighted by Gasteiger charge is -2.24. The summed E-state index contributed by atoms with van der Waals surface area (Å²) in [5, 5.41) is 5.05. The Labute approximate surface area is 135 Å². The van der Waals surface area contributed by atoms with Crippen molar-refractivity contribution in [2.75, 3.05) is 25.1 Å². The largest absolute Gasteiger partial charge is 0.411 e. The predicted octanol–water partition coefficient (Wildman–Crippen LogP) is 2.34. The third-order valence-electron chi connectivity index (χ3n) is 3.40. The number of hydrogen-bond acceptors (Lipinski definition) is 3. The summed E-state index contributed by atoms with van der Waals surface area (Å²) in [5.41, 5.74) is 0.752. The number of nitrogens with one attached hydrogen (secondary N) is 2. The monoisotopic (exact) mass is 348 g/mol. The second-order valence-corrected chi connectivity index (χ2v) is 5.35. The first-order chi connectivity index (χ1) is 11.3. The van der Waals surface area contributed by atoms with E-state index in [0.29, 0.717) is 5.56 Å². The van der Waals surface area contributed by atoms with E-state index in [1.54, 1.807) is 0 Å². The fourth-order valence-electron chi connectivity index (χ4n) is 2.37. The van der Waals surface area contributed by atoms with Crippen molar-refractivity contribution in [3.8, 4) is 0 Å². The van der Waals surface area contributed by atoms with Gasteiger partial charge in [-0.1, -0.05) is 6.07 Å². The molecule has 0 fully saturated rings. The normalized spacial score (nSPS) is 17.2. The van der Waals surface area contributed by atoms with E-state index in [4.69, 9.17) is 0 Å². The number of benzene rings is 1. The van der Waals surface area contributed by atoms with Crippen LogP contribution in [0, 0.1) is 5.82 Å². The Hall–Kier alpha value is -2.16. The third kappa shape index (κ3) is 5.19. The molecule has 0 aliphatic carbocycles. The quantitative estimate of drug-likeness (QED) is 0.613. The van der Waals surface area contributed by atoms with Crippen molar-refractivity contribution >= 4 is 17.5 Å². The van der Waals surface area contributed by atoms with Gasteiger partial charge in [0, 0.05) is 25.3 Å². The molecule has 0 radical (unpaired) electrons. The van der Waals surface area contributed by atoms with E-state index in [1.165, 1.54) is 12.1 Å². The van der Waals surface area contributed by atoms with Gasteiger partial charge in [-0.25, -0.2) is 4.39 Å². The van der Waals surface area contributed by atoms with Gasteiger partial charge in [0.2, 0.25) is 11.8 Å². The molecule has 1 aliphatic rings. The molecule has 5 nitrogen and oxygen atoms in total. The fourth-order valence-corrected chi connectivity index (χ4v) is 2.37. The van der Waals surface area contributed by atoms with Crippen LogP contribution in [0.5, 0.6) is 0 Å². The molecular formula is C15H16F4N2O3. The minimum Gasteiger partial charge on any atom is -0.372 e. The summed E-state index contributed by atoms with van der Waals surface area (Å²) in [5.74, 6) is -2.13. The highest BCUT2D eigenvalue weighted by Crippen LogP contribution is 2.32. The van der Waals surface area contributed by atoms with Crippen LogP contribution in [0.3, 0.4) is 0 Å². The second kappa shape index (κ2) is 7.61. The molecule has 1 aliphatic heterocycles. The Morgan fingerprint density at radius 3 is 2.83 bits per heavy atom. The fraction of sp³-hybridized carbons (Fsp3) is 0.467. The lowest BCUT2D eigenvalue weighted by molar-refractivity contribution is -0.174. The van der Waals surface area contributed by atoms with E-state index in [0.717, 1.165) is 6.07 Å². The molecule has 132 valence electrons. The van der Waals surface area contributed by atoms with Crippen molar-refractivity contribution in [1.29, 1.82) is 0 Å². The number of fused-ring (bicyclic) bond motifs is 1. The van der Waals surface area contributed by atoms with Crippen LogP contribution in [0.15, 0.2) is 18.2 Å². The van der Waals surface area contributed by atoms with Gasteiger partial charge in [0.25, 0.3) is 0 Å². The van der Waals surface area contributed by atoms with Gasteiger partial charge >= 0.3 is 6.18 Å². The maximum atomic E-state index is 13.2. The Kier molecular flexibility index (Phi) is 5.76. The molecule has 24 heavy (non-hydrogen) atoms. The number of halogens is 4. The molecule has 2 rings (SSSR count). The van der Waals surface area contributed by atoms with E-state index in [1.807, 2.05) is 0 Å². The molecule has 0 aromatic heterocycles. The number of rotatable bonds is 6. The molecule has 0 bridgehead atoms. The van der Waals surface area contributed by atoms with E-state index in [-0.39, 0.29) is 31.7 Å². The van der Waals surface area contributed by atoms with Gasteiger partial charge in [0.15, 0.2) is 0 Å². The summed E-state index contributed by atoms with van der Waals surface area (Å²) in [6.07, 6.45) is -4.25. The second-order valence-electron chi connectivity index (χ2n) is 5.35. The number of alkyl halides is 3. The van der Waals surface area contributed by atoms with Gasteiger partial charge in [-0.2, -0.15) is 13.2 Å². The van der Waals surface area contributed by atoms with Gasteiger partial charge in [-0.3, -0.25) is 9.59 Å². The average Bonchev–Trinajstić information content (AvgIpc) is 2.48. The van der Waals surface area contributed by atoms with Crippen LogP contribution in [0.1, 0.15) is 24.3 Å². The zero-order valence-electron chi connectivity index (χ0n) is 12.6. The Morgan fingerprint density at radius 2 is 2.12 bits per heavy atom. The van der Waals surface area contributed by atoms with Crippen LogP contribution in [-0.2, 0) is 14.3 Å². The first kappa shape index (κ1) is 18.2. The summed E-state index contributed by atoms with van der Waals surface area (Å²) in [4.78, 5) is 23.8.